The summed E-state index contributed by atoms with van der Waals surface area (Å²) in [6.07, 6.45) is 0.638. The van der Waals surface area contributed by atoms with Crippen LogP contribution in [0.2, 0.25) is 0 Å². The van der Waals surface area contributed by atoms with Gasteiger partial charge in [0.05, 0.1) is 11.3 Å². The van der Waals surface area contributed by atoms with Crippen LogP contribution in [0.3, 0.4) is 0 Å². The summed E-state index contributed by atoms with van der Waals surface area (Å²) in [4.78, 5) is 26.7. The number of nitrogens with two attached hydrogens (primary N) is 1. The Kier molecular flexibility index (Phi) is 8.56. The summed E-state index contributed by atoms with van der Waals surface area (Å²) in [6.45, 7) is 3.57. The molecule has 10 heteroatoms. The minimum absolute atomic E-state index is 0.0694. The highest BCUT2D eigenvalue weighted by molar-refractivity contribution is 5.82. The van der Waals surface area contributed by atoms with Crippen LogP contribution in [0, 0.1) is 11.7 Å². The van der Waals surface area contributed by atoms with Gasteiger partial charge in [0.1, 0.15) is 5.82 Å². The van der Waals surface area contributed by atoms with Gasteiger partial charge in [-0.1, -0.05) is 0 Å². The van der Waals surface area contributed by atoms with Crippen LogP contribution in [-0.2, 0) is 15.8 Å². The van der Waals surface area contributed by atoms with Crippen molar-refractivity contribution in [2.75, 3.05) is 37.6 Å². The summed E-state index contributed by atoms with van der Waals surface area (Å²) in [5.41, 5.74) is 4.32. The quantitative estimate of drug-likeness (QED) is 0.569. The zero-order valence-corrected chi connectivity index (χ0v) is 18.7. The molecule has 1 saturated carbocycles. The van der Waals surface area contributed by atoms with E-state index in [1.807, 2.05) is 0 Å². The lowest BCUT2D eigenvalue weighted by molar-refractivity contribution is -0.137. The lowest BCUT2D eigenvalue weighted by Gasteiger charge is -2.37. The van der Waals surface area contributed by atoms with E-state index >= 15 is 0 Å². The van der Waals surface area contributed by atoms with Gasteiger partial charge in [-0.15, -0.1) is 0 Å². The second kappa shape index (κ2) is 11.2. The van der Waals surface area contributed by atoms with Crippen molar-refractivity contribution in [2.24, 2.45) is 11.7 Å². The van der Waals surface area contributed by atoms with Gasteiger partial charge in [0.15, 0.2) is 0 Å². The minimum atomic E-state index is -4.55. The third-order valence-corrected chi connectivity index (χ3v) is 6.65. The van der Waals surface area contributed by atoms with E-state index in [0.29, 0.717) is 25.1 Å². The number of primary amides is 1. The fourth-order valence-electron chi connectivity index (χ4n) is 4.65. The molecule has 2 fully saturated rings. The Morgan fingerprint density at radius 2 is 1.70 bits per heavy atom. The van der Waals surface area contributed by atoms with E-state index in [4.69, 9.17) is 5.73 Å². The SMILES string of the molecule is NC(=O)CCC(=O)NC1CCC(CCN2CCN(c3ccc(C(F)(F)F)cc3F)CC2)CC1. The second-order valence-electron chi connectivity index (χ2n) is 9.03. The van der Waals surface area contributed by atoms with Gasteiger partial charge in [-0.05, 0) is 62.8 Å². The fraction of sp³-hybridized carbons (Fsp3) is 0.652. The van der Waals surface area contributed by atoms with Crippen molar-refractivity contribution in [1.82, 2.24) is 10.2 Å². The number of anilines is 1. The Morgan fingerprint density at radius 1 is 1.03 bits per heavy atom. The van der Waals surface area contributed by atoms with Gasteiger partial charge >= 0.3 is 6.18 Å². The number of rotatable bonds is 8. The van der Waals surface area contributed by atoms with Gasteiger partial charge in [0.25, 0.3) is 0 Å². The number of hydrogen-bond acceptors (Lipinski definition) is 4. The number of alkyl halides is 3. The first-order chi connectivity index (χ1) is 15.6. The first-order valence-electron chi connectivity index (χ1n) is 11.5. The summed E-state index contributed by atoms with van der Waals surface area (Å²) < 4.78 is 52.5. The Labute approximate surface area is 191 Å². The van der Waals surface area contributed by atoms with E-state index in [0.717, 1.165) is 57.8 Å². The molecule has 184 valence electrons. The monoisotopic (exact) mass is 472 g/mol. The molecule has 0 radical (unpaired) electrons. The predicted molar refractivity (Wildman–Crippen MR) is 117 cm³/mol. The fourth-order valence-corrected chi connectivity index (χ4v) is 4.65. The number of carbonyl (C=O) groups is 2. The summed E-state index contributed by atoms with van der Waals surface area (Å²) in [5, 5.41) is 2.98. The van der Waals surface area contributed by atoms with Crippen LogP contribution in [0.4, 0.5) is 23.2 Å². The maximum atomic E-state index is 14.2. The van der Waals surface area contributed by atoms with Crippen molar-refractivity contribution in [3.8, 4) is 0 Å². The van der Waals surface area contributed by atoms with Crippen LogP contribution in [0.25, 0.3) is 0 Å². The first-order valence-corrected chi connectivity index (χ1v) is 11.5. The molecule has 1 saturated heterocycles. The van der Waals surface area contributed by atoms with E-state index in [1.54, 1.807) is 4.90 Å². The summed E-state index contributed by atoms with van der Waals surface area (Å²) in [7, 11) is 0. The molecule has 2 aliphatic rings. The molecule has 3 N–H and O–H groups in total. The molecule has 33 heavy (non-hydrogen) atoms. The Balaban J connectivity index is 1.35. The Bertz CT molecular complexity index is 817. The van der Waals surface area contributed by atoms with Crippen LogP contribution in [-0.4, -0.2) is 55.5 Å². The number of amides is 2. The Morgan fingerprint density at radius 3 is 2.27 bits per heavy atom. The first kappa shape index (κ1) is 25.3. The third-order valence-electron chi connectivity index (χ3n) is 6.65. The van der Waals surface area contributed by atoms with Crippen molar-refractivity contribution < 1.29 is 27.2 Å². The van der Waals surface area contributed by atoms with Gasteiger partial charge in [0.2, 0.25) is 11.8 Å². The van der Waals surface area contributed by atoms with Crippen molar-refractivity contribution in [2.45, 2.75) is 57.2 Å². The lowest BCUT2D eigenvalue weighted by Crippen LogP contribution is -2.47. The minimum Gasteiger partial charge on any atom is -0.370 e. The van der Waals surface area contributed by atoms with Gasteiger partial charge in [0, 0.05) is 45.1 Å². The van der Waals surface area contributed by atoms with Crippen LogP contribution >= 0.6 is 0 Å². The number of nitrogens with one attached hydrogen (secondary N) is 1. The molecule has 3 rings (SSSR count). The van der Waals surface area contributed by atoms with Crippen molar-refractivity contribution in [3.05, 3.63) is 29.6 Å². The van der Waals surface area contributed by atoms with E-state index in [1.165, 1.54) is 6.07 Å². The number of carbonyl (C=O) groups excluding carboxylic acids is 2. The molecule has 1 aromatic rings. The number of benzene rings is 1. The lowest BCUT2D eigenvalue weighted by atomic mass is 9.84. The highest BCUT2D eigenvalue weighted by Gasteiger charge is 2.32. The average Bonchev–Trinajstić information content (AvgIpc) is 2.77. The topological polar surface area (TPSA) is 78.7 Å². The number of nitrogens with zero attached hydrogens (tertiary/aromatic N) is 2. The molecule has 2 amide bonds. The molecule has 0 atom stereocenters. The third kappa shape index (κ3) is 7.58. The zero-order valence-electron chi connectivity index (χ0n) is 18.7. The molecular formula is C23H32F4N4O2. The van der Waals surface area contributed by atoms with Gasteiger partial charge in [-0.2, -0.15) is 13.2 Å². The van der Waals surface area contributed by atoms with Gasteiger partial charge < -0.3 is 16.0 Å². The molecule has 0 spiro atoms. The van der Waals surface area contributed by atoms with E-state index in [2.05, 4.69) is 10.2 Å². The Hall–Kier alpha value is -2.36. The summed E-state index contributed by atoms with van der Waals surface area (Å²) in [6, 6.07) is 2.88. The molecule has 1 heterocycles. The molecule has 1 aromatic carbocycles. The van der Waals surface area contributed by atoms with Crippen molar-refractivity contribution in [1.29, 1.82) is 0 Å². The van der Waals surface area contributed by atoms with Crippen LogP contribution in [0.5, 0.6) is 0 Å². The zero-order chi connectivity index (χ0) is 24.0. The normalized spacial score (nSPS) is 22.2. The molecule has 1 aliphatic heterocycles. The number of hydrogen-bond donors (Lipinski definition) is 2. The van der Waals surface area contributed by atoms with Crippen LogP contribution < -0.4 is 16.0 Å². The maximum Gasteiger partial charge on any atom is 0.416 e. The maximum absolute atomic E-state index is 14.2. The molecule has 0 unspecified atom stereocenters. The highest BCUT2D eigenvalue weighted by atomic mass is 19.4. The molecule has 1 aliphatic carbocycles. The molecular weight excluding hydrogens is 440 g/mol. The second-order valence-corrected chi connectivity index (χ2v) is 9.03. The smallest absolute Gasteiger partial charge is 0.370 e. The van der Waals surface area contributed by atoms with E-state index in [-0.39, 0.29) is 30.5 Å². The van der Waals surface area contributed by atoms with E-state index < -0.39 is 23.5 Å². The van der Waals surface area contributed by atoms with Crippen LogP contribution in [0.1, 0.15) is 50.5 Å². The standard InChI is InChI=1S/C23H32F4N4O2/c24-19-15-17(23(25,26)27)3-6-20(19)31-13-11-30(12-14-31)10-9-16-1-4-18(5-2-16)29-22(33)8-7-21(28)32/h3,6,15-16,18H,1-2,4-5,7-14H2,(H2,28,32)(H,29,33). The molecule has 0 aromatic heterocycles. The van der Waals surface area contributed by atoms with Crippen molar-refractivity contribution in [3.63, 3.8) is 0 Å². The summed E-state index contributed by atoms with van der Waals surface area (Å²) in [5.74, 6) is -0.843. The van der Waals surface area contributed by atoms with Gasteiger partial charge in [-0.3, -0.25) is 14.5 Å². The molecule has 0 bridgehead atoms. The van der Waals surface area contributed by atoms with Crippen LogP contribution in [0.15, 0.2) is 18.2 Å². The molecule has 6 nitrogen and oxygen atoms in total. The predicted octanol–water partition coefficient (Wildman–Crippen LogP) is 3.30. The summed E-state index contributed by atoms with van der Waals surface area (Å²) >= 11 is 0. The van der Waals surface area contributed by atoms with Crippen molar-refractivity contribution >= 4 is 17.5 Å². The number of piperazine rings is 1. The largest absolute Gasteiger partial charge is 0.416 e. The van der Waals surface area contributed by atoms with E-state index in [9.17, 15) is 27.2 Å². The average molecular weight is 473 g/mol. The number of halogens is 4. The van der Waals surface area contributed by atoms with Gasteiger partial charge in [-0.25, -0.2) is 4.39 Å². The highest BCUT2D eigenvalue weighted by Crippen LogP contribution is 2.33.